The van der Waals surface area contributed by atoms with Gasteiger partial charge in [-0.15, -0.1) is 0 Å². The Balaban J connectivity index is 4.12. The topological polar surface area (TPSA) is 94.1 Å². The van der Waals surface area contributed by atoms with Crippen LogP contribution in [0.4, 0.5) is 0 Å². The number of hydrogen-bond acceptors (Lipinski definition) is 7. The largest absolute Gasteiger partial charge is 0.756 e. The monoisotopic (exact) mass is 828 g/mol. The molecule has 2 unspecified atom stereocenters. The van der Waals surface area contributed by atoms with Crippen molar-refractivity contribution in [1.82, 2.24) is 0 Å². The second-order valence-electron chi connectivity index (χ2n) is 17.5. The van der Waals surface area contributed by atoms with E-state index in [2.05, 4.69) is 38.2 Å². The first-order valence-corrected chi connectivity index (χ1v) is 25.5. The van der Waals surface area contributed by atoms with E-state index in [0.717, 1.165) is 51.4 Å². The van der Waals surface area contributed by atoms with E-state index in [4.69, 9.17) is 18.5 Å². The molecule has 0 amide bonds. The predicted molar refractivity (Wildman–Crippen MR) is 240 cm³/mol. The molecule has 9 heteroatoms. The Bertz CT molecular complexity index is 967. The van der Waals surface area contributed by atoms with Crippen LogP contribution in [0.2, 0.25) is 0 Å². The summed E-state index contributed by atoms with van der Waals surface area (Å²) < 4.78 is 34.6. The van der Waals surface area contributed by atoms with E-state index in [-0.39, 0.29) is 25.8 Å². The van der Waals surface area contributed by atoms with E-state index in [1.54, 1.807) is 0 Å². The lowest BCUT2D eigenvalue weighted by Crippen LogP contribution is -2.37. The van der Waals surface area contributed by atoms with E-state index >= 15 is 0 Å². The Labute approximate surface area is 353 Å². The van der Waals surface area contributed by atoms with Crippen molar-refractivity contribution in [2.75, 3.05) is 54.1 Å². The van der Waals surface area contributed by atoms with Gasteiger partial charge in [-0.1, -0.05) is 199 Å². The van der Waals surface area contributed by atoms with Crippen LogP contribution in [-0.2, 0) is 27.9 Å². The molecule has 338 valence electrons. The zero-order chi connectivity index (χ0) is 42.0. The highest BCUT2D eigenvalue weighted by atomic mass is 31.2. The number of hydrogen-bond donors (Lipinski definition) is 0. The third-order valence-corrected chi connectivity index (χ3v) is 11.5. The number of phosphoric ester groups is 1. The number of phosphoric acid groups is 1. The molecule has 0 N–H and O–H groups in total. The van der Waals surface area contributed by atoms with Gasteiger partial charge in [0.2, 0.25) is 0 Å². The number of nitrogens with zero attached hydrogens (tertiary/aromatic N) is 1. The van der Waals surface area contributed by atoms with Gasteiger partial charge < -0.3 is 27.9 Å². The molecule has 0 aliphatic rings. The van der Waals surface area contributed by atoms with Crippen LogP contribution in [0.1, 0.15) is 219 Å². The summed E-state index contributed by atoms with van der Waals surface area (Å²) in [5, 5.41) is 0. The van der Waals surface area contributed by atoms with Gasteiger partial charge in [-0.3, -0.25) is 9.36 Å². The molecule has 57 heavy (non-hydrogen) atoms. The lowest BCUT2D eigenvalue weighted by Gasteiger charge is -2.28. The van der Waals surface area contributed by atoms with Gasteiger partial charge in [-0.05, 0) is 38.5 Å². The predicted octanol–water partition coefficient (Wildman–Crippen LogP) is 13.8. The molecule has 0 aliphatic heterocycles. The lowest BCUT2D eigenvalue weighted by molar-refractivity contribution is -0.870. The van der Waals surface area contributed by atoms with Crippen molar-refractivity contribution in [1.29, 1.82) is 0 Å². The number of carbonyl (C=O) groups excluding carboxylic acids is 1. The Kier molecular flexibility index (Phi) is 41.0. The minimum absolute atomic E-state index is 0.0259. The number of likely N-dealkylation sites (N-methyl/N-ethyl adjacent to an activating group) is 1. The van der Waals surface area contributed by atoms with Gasteiger partial charge in [0.25, 0.3) is 7.82 Å². The van der Waals surface area contributed by atoms with Crippen LogP contribution < -0.4 is 4.89 Å². The van der Waals surface area contributed by atoms with Crippen molar-refractivity contribution in [3.05, 3.63) is 24.3 Å². The molecule has 0 bridgehead atoms. The zero-order valence-corrected chi connectivity index (χ0v) is 39.2. The Hall–Kier alpha value is -1.02. The fourth-order valence-electron chi connectivity index (χ4n) is 6.76. The van der Waals surface area contributed by atoms with Crippen LogP contribution in [0, 0.1) is 0 Å². The summed E-state index contributed by atoms with van der Waals surface area (Å²) in [7, 11) is 1.36. The Morgan fingerprint density at radius 2 is 1.00 bits per heavy atom. The minimum atomic E-state index is -4.53. The fourth-order valence-corrected chi connectivity index (χ4v) is 7.49. The molecule has 0 rings (SSSR count). The van der Waals surface area contributed by atoms with E-state index < -0.39 is 13.9 Å². The molecule has 0 heterocycles. The standard InChI is InChI=1S/C48H94NO7P/c1-6-8-10-12-14-16-18-20-22-23-24-25-26-27-28-29-31-33-35-37-39-41-48(50)56-47(46-55-57(51,52)54-44-42-49(3,4)5)45-53-43-40-38-36-34-32-30-21-19-17-15-13-11-9-7-2/h11,13,17,19,47H,6-10,12,14-16,18,20-46H2,1-5H3/b13-11-,19-17-. The van der Waals surface area contributed by atoms with E-state index in [1.165, 1.54) is 148 Å². The van der Waals surface area contributed by atoms with Crippen molar-refractivity contribution >= 4 is 13.8 Å². The molecule has 2 atom stereocenters. The van der Waals surface area contributed by atoms with Crippen LogP contribution in [-0.4, -0.2) is 70.7 Å². The Morgan fingerprint density at radius 3 is 1.49 bits per heavy atom. The molecule has 0 aromatic heterocycles. The van der Waals surface area contributed by atoms with Gasteiger partial charge in [-0.2, -0.15) is 0 Å². The molecule has 0 aromatic carbocycles. The summed E-state index contributed by atoms with van der Waals surface area (Å²) in [6.45, 7) is 5.36. The quantitative estimate of drug-likeness (QED) is 0.0198. The molecule has 0 aliphatic carbocycles. The first-order valence-electron chi connectivity index (χ1n) is 24.1. The first-order chi connectivity index (χ1) is 27.6. The summed E-state index contributed by atoms with van der Waals surface area (Å²) in [6, 6.07) is 0. The van der Waals surface area contributed by atoms with Crippen molar-refractivity contribution in [2.24, 2.45) is 0 Å². The highest BCUT2D eigenvalue weighted by Gasteiger charge is 2.20. The molecule has 0 aromatic rings. The summed E-state index contributed by atoms with van der Waals surface area (Å²) in [5.41, 5.74) is 0. The zero-order valence-electron chi connectivity index (χ0n) is 38.3. The second kappa shape index (κ2) is 41.7. The molecular weight excluding hydrogens is 734 g/mol. The molecule has 0 spiro atoms. The maximum absolute atomic E-state index is 12.7. The van der Waals surface area contributed by atoms with E-state index in [0.29, 0.717) is 24.1 Å². The van der Waals surface area contributed by atoms with Crippen molar-refractivity contribution in [3.8, 4) is 0 Å². The second-order valence-corrected chi connectivity index (χ2v) is 18.9. The van der Waals surface area contributed by atoms with Gasteiger partial charge >= 0.3 is 5.97 Å². The number of ether oxygens (including phenoxy) is 2. The lowest BCUT2D eigenvalue weighted by atomic mass is 10.0. The van der Waals surface area contributed by atoms with Crippen molar-refractivity contribution < 1.29 is 37.3 Å². The number of quaternary nitrogens is 1. The summed E-state index contributed by atoms with van der Waals surface area (Å²) in [4.78, 5) is 25.1. The molecule has 0 saturated carbocycles. The van der Waals surface area contributed by atoms with Crippen LogP contribution in [0.5, 0.6) is 0 Å². The first kappa shape index (κ1) is 56.0. The van der Waals surface area contributed by atoms with Crippen molar-refractivity contribution in [3.63, 3.8) is 0 Å². The maximum Gasteiger partial charge on any atom is 0.306 e. The molecule has 0 saturated heterocycles. The molecule has 8 nitrogen and oxygen atoms in total. The molecule has 0 fully saturated rings. The average molecular weight is 828 g/mol. The van der Waals surface area contributed by atoms with Gasteiger partial charge in [-0.25, -0.2) is 0 Å². The smallest absolute Gasteiger partial charge is 0.306 e. The number of esters is 1. The third-order valence-electron chi connectivity index (χ3n) is 10.5. The summed E-state index contributed by atoms with van der Waals surface area (Å²) in [6.07, 6.45) is 47.7. The van der Waals surface area contributed by atoms with Gasteiger partial charge in [0.05, 0.1) is 34.4 Å². The number of rotatable bonds is 45. The third kappa shape index (κ3) is 45.9. The number of carbonyl (C=O) groups is 1. The number of unbranched alkanes of at least 4 members (excludes halogenated alkanes) is 27. The van der Waals surface area contributed by atoms with Crippen LogP contribution >= 0.6 is 7.82 Å². The highest BCUT2D eigenvalue weighted by Crippen LogP contribution is 2.38. The molecular formula is C48H94NO7P. The van der Waals surface area contributed by atoms with Gasteiger partial charge in [0.15, 0.2) is 0 Å². The summed E-state index contributed by atoms with van der Waals surface area (Å²) in [5.74, 6) is -0.334. The fraction of sp³-hybridized carbons (Fsp3) is 0.896. The maximum atomic E-state index is 12.7. The van der Waals surface area contributed by atoms with Crippen LogP contribution in [0.15, 0.2) is 24.3 Å². The van der Waals surface area contributed by atoms with Crippen LogP contribution in [0.3, 0.4) is 0 Å². The number of allylic oxidation sites excluding steroid dienone is 4. The van der Waals surface area contributed by atoms with Gasteiger partial charge in [0.1, 0.15) is 19.3 Å². The van der Waals surface area contributed by atoms with Crippen LogP contribution in [0.25, 0.3) is 0 Å². The summed E-state index contributed by atoms with van der Waals surface area (Å²) >= 11 is 0. The highest BCUT2D eigenvalue weighted by molar-refractivity contribution is 7.45. The molecule has 0 radical (unpaired) electrons. The van der Waals surface area contributed by atoms with E-state index in [9.17, 15) is 14.3 Å². The normalized spacial score (nSPS) is 13.9. The van der Waals surface area contributed by atoms with Crippen molar-refractivity contribution in [2.45, 2.75) is 225 Å². The van der Waals surface area contributed by atoms with E-state index in [1.807, 2.05) is 21.1 Å². The Morgan fingerprint density at radius 1 is 0.544 bits per heavy atom. The average Bonchev–Trinajstić information content (AvgIpc) is 3.16. The van der Waals surface area contributed by atoms with Gasteiger partial charge in [0, 0.05) is 13.0 Å². The minimum Gasteiger partial charge on any atom is -0.756 e. The SMILES string of the molecule is CCC/C=C\C/C=C\CCCCCCCCOCC(COP(=O)([O-])OCC[N+](C)(C)C)OC(=O)CCCCCCCCCCCCCCCCCCCCCCC.